The van der Waals surface area contributed by atoms with Gasteiger partial charge in [0.25, 0.3) is 0 Å². The van der Waals surface area contributed by atoms with Crippen LogP contribution in [-0.2, 0) is 16.0 Å². The van der Waals surface area contributed by atoms with E-state index in [0.717, 1.165) is 17.7 Å². The molecular formula is C20H23ClN2O2. The molecule has 0 saturated heterocycles. The second kappa shape index (κ2) is 9.23. The van der Waals surface area contributed by atoms with E-state index in [1.54, 1.807) is 17.0 Å². The number of amides is 2. The van der Waals surface area contributed by atoms with E-state index in [-0.39, 0.29) is 18.2 Å². The molecule has 0 aliphatic carbocycles. The standard InChI is InChI=1S/C20H23ClN2O2/c1-15-8-9-18(21)14-19(15)23(16(2)24)13-11-20(25)22-12-10-17-6-4-3-5-7-17/h3-9,14H,10-13H2,1-2H3,(H,22,25). The maximum Gasteiger partial charge on any atom is 0.223 e. The number of nitrogens with one attached hydrogen (secondary N) is 1. The number of rotatable bonds is 7. The van der Waals surface area contributed by atoms with Crippen LogP contribution >= 0.6 is 11.6 Å². The molecule has 0 unspecified atom stereocenters. The van der Waals surface area contributed by atoms with Gasteiger partial charge in [0.05, 0.1) is 0 Å². The van der Waals surface area contributed by atoms with Crippen LogP contribution < -0.4 is 10.2 Å². The predicted molar refractivity (Wildman–Crippen MR) is 102 cm³/mol. The van der Waals surface area contributed by atoms with Crippen LogP contribution in [0, 0.1) is 6.92 Å². The van der Waals surface area contributed by atoms with Gasteiger partial charge in [0, 0.05) is 37.1 Å². The molecule has 132 valence electrons. The minimum atomic E-state index is -0.109. The summed E-state index contributed by atoms with van der Waals surface area (Å²) in [6.45, 7) is 4.32. The van der Waals surface area contributed by atoms with E-state index in [0.29, 0.717) is 18.1 Å². The van der Waals surface area contributed by atoms with Gasteiger partial charge in [-0.1, -0.05) is 48.0 Å². The number of anilines is 1. The summed E-state index contributed by atoms with van der Waals surface area (Å²) in [6, 6.07) is 15.4. The molecule has 0 bridgehead atoms. The molecule has 2 aromatic rings. The molecule has 2 rings (SSSR count). The van der Waals surface area contributed by atoms with Gasteiger partial charge >= 0.3 is 0 Å². The van der Waals surface area contributed by atoms with Gasteiger partial charge in [-0.15, -0.1) is 0 Å². The van der Waals surface area contributed by atoms with Crippen molar-refractivity contribution in [1.82, 2.24) is 5.32 Å². The summed E-state index contributed by atoms with van der Waals surface area (Å²) in [4.78, 5) is 25.6. The topological polar surface area (TPSA) is 49.4 Å². The first-order chi connectivity index (χ1) is 12.0. The Hall–Kier alpha value is -2.33. The fourth-order valence-electron chi connectivity index (χ4n) is 2.61. The molecule has 0 saturated carbocycles. The van der Waals surface area contributed by atoms with Gasteiger partial charge in [-0.25, -0.2) is 0 Å². The maximum atomic E-state index is 12.1. The van der Waals surface area contributed by atoms with Crippen molar-refractivity contribution in [3.8, 4) is 0 Å². The van der Waals surface area contributed by atoms with E-state index in [9.17, 15) is 9.59 Å². The number of carbonyl (C=O) groups excluding carboxylic acids is 2. The number of halogens is 1. The van der Waals surface area contributed by atoms with Crippen molar-refractivity contribution in [2.75, 3.05) is 18.0 Å². The number of aryl methyl sites for hydroxylation is 1. The number of nitrogens with zero attached hydrogens (tertiary/aromatic N) is 1. The molecule has 0 radical (unpaired) electrons. The molecule has 0 aromatic heterocycles. The highest BCUT2D eigenvalue weighted by atomic mass is 35.5. The van der Waals surface area contributed by atoms with Gasteiger partial charge in [0.15, 0.2) is 0 Å². The van der Waals surface area contributed by atoms with E-state index < -0.39 is 0 Å². The van der Waals surface area contributed by atoms with Crippen LogP contribution in [-0.4, -0.2) is 24.9 Å². The van der Waals surface area contributed by atoms with Gasteiger partial charge in [-0.3, -0.25) is 9.59 Å². The van der Waals surface area contributed by atoms with E-state index in [1.807, 2.05) is 43.3 Å². The lowest BCUT2D eigenvalue weighted by Gasteiger charge is -2.23. The normalized spacial score (nSPS) is 10.4. The number of hydrogen-bond donors (Lipinski definition) is 1. The largest absolute Gasteiger partial charge is 0.356 e. The summed E-state index contributed by atoms with van der Waals surface area (Å²) >= 11 is 6.04. The lowest BCUT2D eigenvalue weighted by atomic mass is 10.1. The summed E-state index contributed by atoms with van der Waals surface area (Å²) in [7, 11) is 0. The zero-order valence-corrected chi connectivity index (χ0v) is 15.3. The summed E-state index contributed by atoms with van der Waals surface area (Å²) in [5, 5.41) is 3.47. The van der Waals surface area contributed by atoms with Gasteiger partial charge in [-0.2, -0.15) is 0 Å². The van der Waals surface area contributed by atoms with Crippen LogP contribution in [0.4, 0.5) is 5.69 Å². The predicted octanol–water partition coefficient (Wildman–Crippen LogP) is 3.75. The number of carbonyl (C=O) groups is 2. The van der Waals surface area contributed by atoms with Crippen molar-refractivity contribution in [3.05, 3.63) is 64.7 Å². The minimum Gasteiger partial charge on any atom is -0.356 e. The minimum absolute atomic E-state index is 0.0677. The van der Waals surface area contributed by atoms with Crippen molar-refractivity contribution >= 4 is 29.1 Å². The van der Waals surface area contributed by atoms with Crippen LogP contribution in [0.1, 0.15) is 24.5 Å². The molecule has 0 spiro atoms. The third-order valence-electron chi connectivity index (χ3n) is 3.98. The molecule has 1 N–H and O–H groups in total. The van der Waals surface area contributed by atoms with Crippen LogP contribution in [0.5, 0.6) is 0 Å². The van der Waals surface area contributed by atoms with Crippen molar-refractivity contribution in [2.45, 2.75) is 26.7 Å². The quantitative estimate of drug-likeness (QED) is 0.819. The Morgan fingerprint density at radius 2 is 1.84 bits per heavy atom. The Balaban J connectivity index is 1.87. The van der Waals surface area contributed by atoms with Crippen molar-refractivity contribution in [1.29, 1.82) is 0 Å². The van der Waals surface area contributed by atoms with Crippen molar-refractivity contribution in [2.24, 2.45) is 0 Å². The van der Waals surface area contributed by atoms with Gasteiger partial charge in [0.2, 0.25) is 11.8 Å². The molecule has 2 aromatic carbocycles. The lowest BCUT2D eigenvalue weighted by Crippen LogP contribution is -2.34. The highest BCUT2D eigenvalue weighted by Crippen LogP contribution is 2.24. The number of benzene rings is 2. The summed E-state index contributed by atoms with van der Waals surface area (Å²) in [6.07, 6.45) is 1.04. The molecule has 0 fully saturated rings. The highest BCUT2D eigenvalue weighted by Gasteiger charge is 2.15. The van der Waals surface area contributed by atoms with Crippen LogP contribution in [0.15, 0.2) is 48.5 Å². The second-order valence-corrected chi connectivity index (χ2v) is 6.37. The first-order valence-corrected chi connectivity index (χ1v) is 8.70. The monoisotopic (exact) mass is 358 g/mol. The highest BCUT2D eigenvalue weighted by molar-refractivity contribution is 6.31. The average molecular weight is 359 g/mol. The summed E-state index contributed by atoms with van der Waals surface area (Å²) in [5.41, 5.74) is 2.88. The second-order valence-electron chi connectivity index (χ2n) is 5.94. The Bertz CT molecular complexity index is 732. The summed E-state index contributed by atoms with van der Waals surface area (Å²) < 4.78 is 0. The van der Waals surface area contributed by atoms with E-state index in [1.165, 1.54) is 12.5 Å². The Labute approximate surface area is 153 Å². The van der Waals surface area contributed by atoms with Crippen molar-refractivity contribution < 1.29 is 9.59 Å². The maximum absolute atomic E-state index is 12.1. The van der Waals surface area contributed by atoms with Gasteiger partial charge in [-0.05, 0) is 36.6 Å². The smallest absolute Gasteiger partial charge is 0.223 e. The third-order valence-corrected chi connectivity index (χ3v) is 4.22. The van der Waals surface area contributed by atoms with Crippen LogP contribution in [0.2, 0.25) is 5.02 Å². The van der Waals surface area contributed by atoms with E-state index in [2.05, 4.69) is 5.32 Å². The Kier molecular flexibility index (Phi) is 7.02. The third kappa shape index (κ3) is 5.91. The lowest BCUT2D eigenvalue weighted by molar-refractivity contribution is -0.121. The zero-order chi connectivity index (χ0) is 18.2. The average Bonchev–Trinajstić information content (AvgIpc) is 2.58. The van der Waals surface area contributed by atoms with E-state index in [4.69, 9.17) is 11.6 Å². The fraction of sp³-hybridized carbons (Fsp3) is 0.300. The first kappa shape index (κ1) is 19.0. The Morgan fingerprint density at radius 1 is 1.12 bits per heavy atom. The zero-order valence-electron chi connectivity index (χ0n) is 14.6. The van der Waals surface area contributed by atoms with Crippen LogP contribution in [0.25, 0.3) is 0 Å². The van der Waals surface area contributed by atoms with E-state index >= 15 is 0 Å². The summed E-state index contributed by atoms with van der Waals surface area (Å²) in [5.74, 6) is -0.177. The SMILES string of the molecule is CC(=O)N(CCC(=O)NCCc1ccccc1)c1cc(Cl)ccc1C. The molecule has 0 aliphatic rings. The van der Waals surface area contributed by atoms with Gasteiger partial charge in [0.1, 0.15) is 0 Å². The first-order valence-electron chi connectivity index (χ1n) is 8.32. The molecule has 5 heteroatoms. The molecule has 0 atom stereocenters. The molecule has 0 heterocycles. The fourth-order valence-corrected chi connectivity index (χ4v) is 2.78. The molecule has 2 amide bonds. The number of hydrogen-bond acceptors (Lipinski definition) is 2. The molecule has 25 heavy (non-hydrogen) atoms. The molecule has 4 nitrogen and oxygen atoms in total. The van der Waals surface area contributed by atoms with Crippen LogP contribution in [0.3, 0.4) is 0 Å². The van der Waals surface area contributed by atoms with Crippen molar-refractivity contribution in [3.63, 3.8) is 0 Å². The Morgan fingerprint density at radius 3 is 2.52 bits per heavy atom. The van der Waals surface area contributed by atoms with Gasteiger partial charge < -0.3 is 10.2 Å². The molecular weight excluding hydrogens is 336 g/mol. The molecule has 0 aliphatic heterocycles.